The number of fused-ring (bicyclic) bond motifs is 1. The van der Waals surface area contributed by atoms with Crippen LogP contribution >= 0.6 is 11.6 Å². The highest BCUT2D eigenvalue weighted by molar-refractivity contribution is 6.31. The number of carbonyl (C=O) groups is 1. The molecule has 5 rings (SSSR count). The van der Waals surface area contributed by atoms with Gasteiger partial charge in [-0.25, -0.2) is 4.79 Å². The molecule has 0 fully saturated rings. The molecule has 5 aromatic rings. The first-order valence-corrected chi connectivity index (χ1v) is 13.7. The van der Waals surface area contributed by atoms with E-state index in [4.69, 9.17) is 22.1 Å². The van der Waals surface area contributed by atoms with Crippen LogP contribution in [0, 0.1) is 0 Å². The number of hydrogen-bond acceptors (Lipinski definition) is 3. The molecule has 1 aromatic heterocycles. The van der Waals surface area contributed by atoms with E-state index >= 15 is 0 Å². The summed E-state index contributed by atoms with van der Waals surface area (Å²) >= 11 is 6.59. The lowest BCUT2D eigenvalue weighted by molar-refractivity contribution is 0.0600. The van der Waals surface area contributed by atoms with E-state index in [2.05, 4.69) is 84.3 Å². The maximum absolute atomic E-state index is 11.9. The lowest BCUT2D eigenvalue weighted by atomic mass is 9.90. The first-order valence-electron chi connectivity index (χ1n) is 13.3. The molecule has 1 unspecified atom stereocenters. The summed E-state index contributed by atoms with van der Waals surface area (Å²) in [6.45, 7) is 2.79. The zero-order valence-corrected chi connectivity index (χ0v) is 23.1. The fraction of sp³-hybridized carbons (Fsp3) is 0.206. The number of halogens is 1. The number of nitrogens with two attached hydrogens (primary N) is 1. The van der Waals surface area contributed by atoms with Crippen LogP contribution in [0.15, 0.2) is 103 Å². The number of carbonyl (C=O) groups excluding carboxylic acids is 1. The Balaban J connectivity index is 1.69. The maximum atomic E-state index is 11.9. The summed E-state index contributed by atoms with van der Waals surface area (Å²) in [4.78, 5) is 11.9. The van der Waals surface area contributed by atoms with Gasteiger partial charge >= 0.3 is 5.97 Å². The average Bonchev–Trinajstić information content (AvgIpc) is 3.27. The largest absolute Gasteiger partial charge is 0.465 e. The van der Waals surface area contributed by atoms with E-state index in [0.29, 0.717) is 17.1 Å². The Kier molecular flexibility index (Phi) is 8.16. The first kappa shape index (κ1) is 26.7. The molecule has 5 heteroatoms. The molecule has 0 saturated heterocycles. The van der Waals surface area contributed by atoms with Crippen LogP contribution < -0.4 is 5.73 Å². The molecule has 198 valence electrons. The van der Waals surface area contributed by atoms with Crippen molar-refractivity contribution in [3.63, 3.8) is 0 Å². The van der Waals surface area contributed by atoms with Gasteiger partial charge in [-0.15, -0.1) is 0 Å². The zero-order valence-electron chi connectivity index (χ0n) is 22.3. The van der Waals surface area contributed by atoms with E-state index in [1.54, 1.807) is 0 Å². The second-order valence-corrected chi connectivity index (χ2v) is 10.4. The second-order valence-electron chi connectivity index (χ2n) is 9.95. The molecular weight excluding hydrogens is 504 g/mol. The molecule has 39 heavy (non-hydrogen) atoms. The summed E-state index contributed by atoms with van der Waals surface area (Å²) in [5.41, 5.74) is 14.0. The van der Waals surface area contributed by atoms with Crippen LogP contribution in [0.3, 0.4) is 0 Å². The van der Waals surface area contributed by atoms with Crippen LogP contribution in [0.4, 0.5) is 0 Å². The highest BCUT2D eigenvalue weighted by atomic mass is 35.5. The molecule has 4 aromatic carbocycles. The quantitative estimate of drug-likeness (QED) is 0.198. The van der Waals surface area contributed by atoms with Gasteiger partial charge in [0.1, 0.15) is 0 Å². The lowest BCUT2D eigenvalue weighted by Crippen LogP contribution is -2.18. The van der Waals surface area contributed by atoms with Crippen LogP contribution in [0.25, 0.3) is 10.9 Å². The third kappa shape index (κ3) is 5.49. The molecule has 1 heterocycles. The first-order chi connectivity index (χ1) is 19.0. The van der Waals surface area contributed by atoms with E-state index in [1.165, 1.54) is 29.5 Å². The summed E-state index contributed by atoms with van der Waals surface area (Å²) in [5.74, 6) is -0.143. The summed E-state index contributed by atoms with van der Waals surface area (Å²) < 4.78 is 7.33. The number of hydrogen-bond donors (Lipinski definition) is 1. The van der Waals surface area contributed by atoms with Gasteiger partial charge in [0.05, 0.1) is 18.7 Å². The van der Waals surface area contributed by atoms with Crippen molar-refractivity contribution in [2.45, 2.75) is 31.7 Å². The Morgan fingerprint density at radius 1 is 0.897 bits per heavy atom. The summed E-state index contributed by atoms with van der Waals surface area (Å²) in [6.07, 6.45) is 1.55. The normalized spacial score (nSPS) is 12.1. The number of methoxy groups -OCH3 is 1. The van der Waals surface area contributed by atoms with Crippen molar-refractivity contribution >= 4 is 28.5 Å². The average molecular weight is 537 g/mol. The van der Waals surface area contributed by atoms with Crippen LogP contribution in [-0.2, 0) is 17.6 Å². The molecule has 0 aliphatic rings. The smallest absolute Gasteiger partial charge is 0.337 e. The van der Waals surface area contributed by atoms with E-state index in [0.717, 1.165) is 29.3 Å². The van der Waals surface area contributed by atoms with E-state index < -0.39 is 0 Å². The van der Waals surface area contributed by atoms with Crippen molar-refractivity contribution in [1.29, 1.82) is 0 Å². The molecule has 0 saturated carbocycles. The Hall–Kier alpha value is -3.86. The van der Waals surface area contributed by atoms with Gasteiger partial charge in [0.15, 0.2) is 0 Å². The van der Waals surface area contributed by atoms with Gasteiger partial charge in [-0.3, -0.25) is 0 Å². The van der Waals surface area contributed by atoms with Crippen LogP contribution in [0.1, 0.15) is 57.2 Å². The molecule has 0 aliphatic heterocycles. The minimum atomic E-state index is -0.328. The Bertz CT molecular complexity index is 1520. The predicted octanol–water partition coefficient (Wildman–Crippen LogP) is 7.57. The molecule has 0 bridgehead atoms. The highest BCUT2D eigenvalue weighted by Crippen LogP contribution is 2.41. The number of aromatic nitrogens is 1. The van der Waals surface area contributed by atoms with Gasteiger partial charge in [0.2, 0.25) is 0 Å². The molecule has 0 spiro atoms. The number of nitrogens with zero attached hydrogens (tertiary/aromatic N) is 1. The van der Waals surface area contributed by atoms with Gasteiger partial charge in [0, 0.05) is 28.0 Å². The van der Waals surface area contributed by atoms with Crippen molar-refractivity contribution in [1.82, 2.24) is 4.57 Å². The lowest BCUT2D eigenvalue weighted by Gasteiger charge is -2.25. The summed E-state index contributed by atoms with van der Waals surface area (Å²) in [6, 6.07) is 35.1. The van der Waals surface area contributed by atoms with E-state index in [1.807, 2.05) is 30.3 Å². The van der Waals surface area contributed by atoms with Gasteiger partial charge in [-0.05, 0) is 71.5 Å². The number of rotatable bonds is 9. The predicted molar refractivity (Wildman–Crippen MR) is 160 cm³/mol. The van der Waals surface area contributed by atoms with Gasteiger partial charge in [-0.2, -0.15) is 0 Å². The Morgan fingerprint density at radius 2 is 1.51 bits per heavy atom. The van der Waals surface area contributed by atoms with Crippen LogP contribution in [0.5, 0.6) is 0 Å². The van der Waals surface area contributed by atoms with E-state index in [9.17, 15) is 4.79 Å². The third-order valence-corrected chi connectivity index (χ3v) is 7.62. The zero-order chi connectivity index (χ0) is 27.4. The SMILES string of the molecule is COC(=O)c1ccc(CC(C)c2c(CCN)n(C(c3ccccc3)c3ccccc3)c3ccc(Cl)cc23)cc1. The van der Waals surface area contributed by atoms with E-state index in [-0.39, 0.29) is 17.9 Å². The van der Waals surface area contributed by atoms with Crippen molar-refractivity contribution in [2.75, 3.05) is 13.7 Å². The minimum absolute atomic E-state index is 0.0158. The molecule has 4 nitrogen and oxygen atoms in total. The van der Waals surface area contributed by atoms with Gasteiger partial charge in [0.25, 0.3) is 0 Å². The Labute approximate surface area is 235 Å². The van der Waals surface area contributed by atoms with Gasteiger partial charge in [-0.1, -0.05) is 91.3 Å². The van der Waals surface area contributed by atoms with Crippen molar-refractivity contribution in [3.05, 3.63) is 142 Å². The van der Waals surface area contributed by atoms with Crippen molar-refractivity contribution in [2.24, 2.45) is 5.73 Å². The summed E-state index contributed by atoms with van der Waals surface area (Å²) in [5, 5.41) is 1.87. The highest BCUT2D eigenvalue weighted by Gasteiger charge is 2.27. The fourth-order valence-electron chi connectivity index (χ4n) is 5.71. The number of esters is 1. The second kappa shape index (κ2) is 11.9. The molecular formula is C34H33ClN2O2. The topological polar surface area (TPSA) is 57.2 Å². The maximum Gasteiger partial charge on any atom is 0.337 e. The van der Waals surface area contributed by atoms with Gasteiger partial charge < -0.3 is 15.0 Å². The third-order valence-electron chi connectivity index (χ3n) is 7.39. The standard InChI is InChI=1S/C34H33ClN2O2/c1-23(21-24-13-15-27(16-14-24)34(38)39-2)32-29-22-28(35)17-18-30(29)37(31(32)19-20-36)33(25-9-5-3-6-10-25)26-11-7-4-8-12-26/h3-18,22-23,33H,19-21,36H2,1-2H3. The minimum Gasteiger partial charge on any atom is -0.465 e. The monoisotopic (exact) mass is 536 g/mol. The van der Waals surface area contributed by atoms with Crippen molar-refractivity contribution < 1.29 is 9.53 Å². The molecule has 1 atom stereocenters. The number of benzene rings is 4. The van der Waals surface area contributed by atoms with Crippen LogP contribution in [0.2, 0.25) is 5.02 Å². The summed E-state index contributed by atoms with van der Waals surface area (Å²) in [7, 11) is 1.40. The Morgan fingerprint density at radius 3 is 2.08 bits per heavy atom. The van der Waals surface area contributed by atoms with Crippen molar-refractivity contribution in [3.8, 4) is 0 Å². The molecule has 0 radical (unpaired) electrons. The van der Waals surface area contributed by atoms with Crippen LogP contribution in [-0.4, -0.2) is 24.2 Å². The molecule has 0 amide bonds. The number of ether oxygens (including phenoxy) is 1. The molecule has 2 N–H and O–H groups in total. The fourth-order valence-corrected chi connectivity index (χ4v) is 5.89. The molecule has 0 aliphatic carbocycles.